The van der Waals surface area contributed by atoms with Gasteiger partial charge in [-0.3, -0.25) is 4.79 Å². The molecule has 4 N–H and O–H groups in total. The molecule has 7 rings (SSSR count). The molecule has 10 nitrogen and oxygen atoms in total. The number of ether oxygens (including phenoxy) is 1. The van der Waals surface area contributed by atoms with Crippen molar-refractivity contribution < 1.29 is 32.3 Å². The highest BCUT2D eigenvalue weighted by Gasteiger charge is 2.54. The van der Waals surface area contributed by atoms with E-state index in [9.17, 15) is 23.1 Å². The number of carboxylic acids is 1. The van der Waals surface area contributed by atoms with Gasteiger partial charge < -0.3 is 24.5 Å². The lowest BCUT2D eigenvalue weighted by Crippen LogP contribution is -2.69. The van der Waals surface area contributed by atoms with Gasteiger partial charge in [-0.15, -0.1) is 0 Å². The first-order chi connectivity index (χ1) is 27.6. The van der Waals surface area contributed by atoms with Crippen molar-refractivity contribution >= 4 is 57.9 Å². The maximum absolute atomic E-state index is 13.8. The molecule has 1 amide bonds. The van der Waals surface area contributed by atoms with Gasteiger partial charge in [0.25, 0.3) is 8.32 Å². The Labute approximate surface area is 348 Å². The monoisotopic (exact) mass is 843 g/mol. The highest BCUT2D eigenvalue weighted by Crippen LogP contribution is 2.48. The van der Waals surface area contributed by atoms with E-state index in [4.69, 9.17) is 25.9 Å². The molecular formula is C45H54ClN3O7SSi. The number of rotatable bonds is 13. The van der Waals surface area contributed by atoms with Crippen molar-refractivity contribution in [1.82, 2.24) is 5.32 Å². The minimum absolute atomic E-state index is 0.0330. The van der Waals surface area contributed by atoms with Crippen molar-refractivity contribution in [3.8, 4) is 5.75 Å². The topological polar surface area (TPSA) is 148 Å². The van der Waals surface area contributed by atoms with Gasteiger partial charge in [-0.05, 0) is 101 Å². The van der Waals surface area contributed by atoms with Crippen LogP contribution >= 0.6 is 11.6 Å². The van der Waals surface area contributed by atoms with Crippen molar-refractivity contribution in [3.63, 3.8) is 0 Å². The quantitative estimate of drug-likeness (QED) is 0.133. The van der Waals surface area contributed by atoms with E-state index in [1.165, 1.54) is 11.1 Å². The molecule has 1 heterocycles. The number of aromatic carboxylic acids is 1. The molecule has 1 fully saturated rings. The average molecular weight is 845 g/mol. The molecule has 4 aromatic carbocycles. The third-order valence-electron chi connectivity index (χ3n) is 12.5. The van der Waals surface area contributed by atoms with E-state index in [0.29, 0.717) is 30.5 Å². The molecule has 3 aliphatic rings. The summed E-state index contributed by atoms with van der Waals surface area (Å²) in [6.07, 6.45) is 4.06. The SMILES string of the molecule is CC(C)(C)[Si](O[C@H](CC(=O)NCCS(N)(=O)=O)[C@@H]1CC[C@H]1CN1C[C@@]2(CCCc3cc(Cl)ccc32)COc2ccc(C(=O)O)cc21)(c1ccccc1)c1ccccc1. The first-order valence-electron chi connectivity index (χ1n) is 20.2. The lowest BCUT2D eigenvalue weighted by molar-refractivity contribution is -0.124. The lowest BCUT2D eigenvalue weighted by atomic mass is 9.68. The second-order valence-corrected chi connectivity index (χ2v) is 23.8. The molecule has 0 unspecified atom stereocenters. The molecule has 0 aromatic heterocycles. The summed E-state index contributed by atoms with van der Waals surface area (Å²) in [7, 11) is -6.91. The highest BCUT2D eigenvalue weighted by molar-refractivity contribution is 7.89. The number of nitrogens with two attached hydrogens (primary N) is 1. The van der Waals surface area contributed by atoms with Crippen molar-refractivity contribution in [3.05, 3.63) is 119 Å². The molecule has 4 aromatic rings. The van der Waals surface area contributed by atoms with Crippen LogP contribution in [-0.2, 0) is 31.1 Å². The molecule has 4 atom stereocenters. The van der Waals surface area contributed by atoms with Gasteiger partial charge >= 0.3 is 5.97 Å². The van der Waals surface area contributed by atoms with Crippen LogP contribution in [0.15, 0.2) is 97.1 Å². The highest BCUT2D eigenvalue weighted by atomic mass is 35.5. The smallest absolute Gasteiger partial charge is 0.335 e. The predicted molar refractivity (Wildman–Crippen MR) is 231 cm³/mol. The van der Waals surface area contributed by atoms with Crippen LogP contribution in [0.5, 0.6) is 5.75 Å². The zero-order valence-corrected chi connectivity index (χ0v) is 36.0. The van der Waals surface area contributed by atoms with Gasteiger partial charge in [-0.25, -0.2) is 18.4 Å². The summed E-state index contributed by atoms with van der Waals surface area (Å²) in [4.78, 5) is 28.5. The first kappa shape index (κ1) is 41.9. The normalized spacial score (nSPS) is 21.2. The third kappa shape index (κ3) is 8.72. The summed E-state index contributed by atoms with van der Waals surface area (Å²) in [5.74, 6) is -0.967. The number of carboxylic acid groups (broad SMARTS) is 1. The minimum atomic E-state index is -3.77. The Kier molecular flexibility index (Phi) is 12.2. The summed E-state index contributed by atoms with van der Waals surface area (Å²) in [6.45, 7) is 8.21. The Hall–Kier alpha value is -4.20. The Balaban J connectivity index is 1.28. The van der Waals surface area contributed by atoms with Gasteiger partial charge in [-0.1, -0.05) is 99.1 Å². The molecule has 0 bridgehead atoms. The van der Waals surface area contributed by atoms with Crippen molar-refractivity contribution in [2.45, 2.75) is 75.9 Å². The molecule has 308 valence electrons. The number of carbonyl (C=O) groups excluding carboxylic acids is 1. The van der Waals surface area contributed by atoms with E-state index in [0.717, 1.165) is 48.2 Å². The Bertz CT molecular complexity index is 2200. The number of nitrogens with zero attached hydrogens (tertiary/aromatic N) is 1. The van der Waals surface area contributed by atoms with Gasteiger partial charge in [0.2, 0.25) is 15.9 Å². The number of sulfonamides is 1. The van der Waals surface area contributed by atoms with E-state index < -0.39 is 30.4 Å². The number of hydrogen-bond donors (Lipinski definition) is 3. The van der Waals surface area contributed by atoms with Gasteiger partial charge in [0.05, 0.1) is 36.1 Å². The Morgan fingerprint density at radius 1 is 1.02 bits per heavy atom. The maximum Gasteiger partial charge on any atom is 0.335 e. The van der Waals surface area contributed by atoms with Gasteiger partial charge in [-0.2, -0.15) is 0 Å². The van der Waals surface area contributed by atoms with Crippen molar-refractivity contribution in [2.75, 3.05) is 36.9 Å². The Morgan fingerprint density at radius 3 is 2.31 bits per heavy atom. The molecule has 1 spiro atoms. The van der Waals surface area contributed by atoms with E-state index in [1.54, 1.807) is 18.2 Å². The number of nitrogens with one attached hydrogen (secondary N) is 1. The second-order valence-electron chi connectivity index (χ2n) is 17.3. The standard InChI is InChI=1S/C45H54ClN3O7SSi/c1-44(2,3)58(35-12-6-4-7-13-35,36-14-8-5-9-15-36)56-41(27-42(50)48-23-24-57(47,53)54)37-19-16-33(37)28-49-29-45(22-10-11-31-25-34(46)18-20-38(31)45)30-55-40-21-17-32(43(51)52)26-39(40)49/h4-9,12-15,17-18,20-21,25-26,33,37,41H,10-11,16,19,22-24,27-30H2,1-3H3,(H,48,50)(H,51,52)(H2,47,53,54)/t33-,37+,41+,45-/m0/s1. The molecule has 1 aliphatic heterocycles. The minimum Gasteiger partial charge on any atom is -0.490 e. The fourth-order valence-corrected chi connectivity index (χ4v) is 14.9. The molecule has 0 radical (unpaired) electrons. The fraction of sp³-hybridized carbons (Fsp3) is 0.422. The maximum atomic E-state index is 13.8. The van der Waals surface area contributed by atoms with Crippen LogP contribution < -0.4 is 30.5 Å². The number of primary sulfonamides is 1. The van der Waals surface area contributed by atoms with E-state index in [1.807, 2.05) is 42.5 Å². The summed E-state index contributed by atoms with van der Waals surface area (Å²) < 4.78 is 37.9. The van der Waals surface area contributed by atoms with Crippen LogP contribution in [0.2, 0.25) is 10.1 Å². The zero-order chi connectivity index (χ0) is 41.3. The first-order valence-corrected chi connectivity index (χ1v) is 24.2. The third-order valence-corrected chi connectivity index (χ3v) is 18.6. The molecule has 2 aliphatic carbocycles. The van der Waals surface area contributed by atoms with Crippen molar-refractivity contribution in [1.29, 1.82) is 0 Å². The van der Waals surface area contributed by atoms with Crippen LogP contribution in [0.3, 0.4) is 0 Å². The molecule has 13 heteroatoms. The molecular weight excluding hydrogens is 790 g/mol. The van der Waals surface area contributed by atoms with Crippen LogP contribution in [0.25, 0.3) is 0 Å². The Morgan fingerprint density at radius 2 is 1.71 bits per heavy atom. The lowest BCUT2D eigenvalue weighted by Gasteiger charge is -2.51. The summed E-state index contributed by atoms with van der Waals surface area (Å²) in [5.41, 5.74) is 3.01. The number of carbonyl (C=O) groups is 2. The molecule has 58 heavy (non-hydrogen) atoms. The second kappa shape index (κ2) is 16.8. The number of anilines is 1. The van der Waals surface area contributed by atoms with E-state index in [-0.39, 0.29) is 52.5 Å². The summed E-state index contributed by atoms with van der Waals surface area (Å²) in [5, 5.41) is 20.7. The number of aryl methyl sites for hydroxylation is 1. The van der Waals surface area contributed by atoms with Crippen LogP contribution in [0.4, 0.5) is 5.69 Å². The number of amides is 1. The fourth-order valence-electron chi connectivity index (χ4n) is 9.63. The number of hydrogen-bond acceptors (Lipinski definition) is 7. The average Bonchev–Trinajstić information content (AvgIpc) is 3.31. The van der Waals surface area contributed by atoms with Gasteiger partial charge in [0.1, 0.15) is 5.75 Å². The predicted octanol–water partition coefficient (Wildman–Crippen LogP) is 6.28. The summed E-state index contributed by atoms with van der Waals surface area (Å²) in [6, 6.07) is 31.9. The summed E-state index contributed by atoms with van der Waals surface area (Å²) >= 11 is 6.49. The zero-order valence-electron chi connectivity index (χ0n) is 33.5. The molecule has 1 saturated carbocycles. The van der Waals surface area contributed by atoms with Crippen LogP contribution in [0.1, 0.15) is 74.4 Å². The largest absolute Gasteiger partial charge is 0.490 e. The van der Waals surface area contributed by atoms with E-state index in [2.05, 4.69) is 67.4 Å². The molecule has 0 saturated heterocycles. The van der Waals surface area contributed by atoms with Gasteiger partial charge in [0.15, 0.2) is 0 Å². The van der Waals surface area contributed by atoms with Crippen molar-refractivity contribution in [2.24, 2.45) is 17.0 Å². The number of halogens is 1. The van der Waals surface area contributed by atoms with E-state index >= 15 is 0 Å². The number of benzene rings is 4. The van der Waals surface area contributed by atoms with Crippen LogP contribution in [-0.4, -0.2) is 71.8 Å². The van der Waals surface area contributed by atoms with Crippen LogP contribution in [0, 0.1) is 11.8 Å². The van der Waals surface area contributed by atoms with Gasteiger partial charge in [0, 0.05) is 30.1 Å². The number of fused-ring (bicyclic) bond motifs is 3.